The van der Waals surface area contributed by atoms with Crippen LogP contribution in [0.1, 0.15) is 22.1 Å². The van der Waals surface area contributed by atoms with E-state index >= 15 is 0 Å². The van der Waals surface area contributed by atoms with Crippen molar-refractivity contribution in [3.8, 4) is 0 Å². The van der Waals surface area contributed by atoms with Crippen molar-refractivity contribution in [1.82, 2.24) is 4.98 Å². The summed E-state index contributed by atoms with van der Waals surface area (Å²) in [6.45, 7) is 1.55. The topological polar surface area (TPSA) is 85.1 Å². The van der Waals surface area contributed by atoms with Crippen LogP contribution in [0.3, 0.4) is 0 Å². The summed E-state index contributed by atoms with van der Waals surface area (Å²) in [6.07, 6.45) is 0.958. The fourth-order valence-electron chi connectivity index (χ4n) is 2.62. The summed E-state index contributed by atoms with van der Waals surface area (Å²) in [5.74, 6) is 1.08. The lowest BCUT2D eigenvalue weighted by molar-refractivity contribution is -0.385. The molecule has 0 saturated carbocycles. The Kier molecular flexibility index (Phi) is 4.29. The fourth-order valence-corrected chi connectivity index (χ4v) is 3.81. The minimum atomic E-state index is -0.485. The van der Waals surface area contributed by atoms with E-state index in [9.17, 15) is 14.9 Å². The van der Waals surface area contributed by atoms with Crippen molar-refractivity contribution in [2.45, 2.75) is 18.6 Å². The van der Waals surface area contributed by atoms with E-state index in [0.29, 0.717) is 5.82 Å². The summed E-state index contributed by atoms with van der Waals surface area (Å²) in [6, 6.07) is 10.7. The molecule has 6 nitrogen and oxygen atoms in total. The molecule has 0 spiro atoms. The molecule has 1 amide bonds. The van der Waals surface area contributed by atoms with Crippen molar-refractivity contribution in [1.29, 1.82) is 0 Å². The molecule has 2 heterocycles. The number of hydrogen-bond donors (Lipinski definition) is 1. The van der Waals surface area contributed by atoms with Crippen LogP contribution in [0.2, 0.25) is 0 Å². The molecular weight excluding hydrogens is 314 g/mol. The molecule has 1 aromatic heterocycles. The number of pyridine rings is 1. The SMILES string of the molecule is Cc1nc(NC(=O)[C@H]2SCCc3ccccc32)ccc1[N+](=O)[O-]. The van der Waals surface area contributed by atoms with E-state index in [1.54, 1.807) is 18.7 Å². The molecule has 1 aliphatic heterocycles. The number of thioether (sulfide) groups is 1. The maximum absolute atomic E-state index is 12.6. The van der Waals surface area contributed by atoms with Gasteiger partial charge in [-0.15, -0.1) is 11.8 Å². The second-order valence-electron chi connectivity index (χ2n) is 5.25. The first-order valence-corrected chi connectivity index (χ1v) is 8.23. The average Bonchev–Trinajstić information content (AvgIpc) is 2.54. The van der Waals surface area contributed by atoms with Crippen LogP contribution < -0.4 is 5.32 Å². The van der Waals surface area contributed by atoms with Gasteiger partial charge in [-0.1, -0.05) is 24.3 Å². The van der Waals surface area contributed by atoms with Gasteiger partial charge in [0.15, 0.2) is 0 Å². The third kappa shape index (κ3) is 3.19. The van der Waals surface area contributed by atoms with Crippen LogP contribution in [0.5, 0.6) is 0 Å². The summed E-state index contributed by atoms with van der Waals surface area (Å²) in [4.78, 5) is 27.0. The number of amides is 1. The van der Waals surface area contributed by atoms with Gasteiger partial charge in [0.1, 0.15) is 16.8 Å². The van der Waals surface area contributed by atoms with Crippen molar-refractivity contribution < 1.29 is 9.72 Å². The minimum Gasteiger partial charge on any atom is -0.309 e. The van der Waals surface area contributed by atoms with Gasteiger partial charge in [-0.2, -0.15) is 0 Å². The number of aryl methyl sites for hydroxylation is 2. The van der Waals surface area contributed by atoms with E-state index in [0.717, 1.165) is 17.7 Å². The first-order valence-electron chi connectivity index (χ1n) is 7.18. The van der Waals surface area contributed by atoms with E-state index < -0.39 is 4.92 Å². The second-order valence-corrected chi connectivity index (χ2v) is 6.46. The van der Waals surface area contributed by atoms with Gasteiger partial charge in [0.05, 0.1) is 4.92 Å². The molecule has 0 fully saturated rings. The van der Waals surface area contributed by atoms with Gasteiger partial charge in [0.25, 0.3) is 5.69 Å². The standard InChI is InChI=1S/C16H15N3O3S/c1-10-13(19(21)22)6-7-14(17-10)18-16(20)15-12-5-3-2-4-11(12)8-9-23-15/h2-7,15H,8-9H2,1H3,(H,17,18,20)/t15-/m0/s1. The Labute approximate surface area is 137 Å². The van der Waals surface area contributed by atoms with Gasteiger partial charge in [0.2, 0.25) is 5.91 Å². The number of nitro groups is 1. The largest absolute Gasteiger partial charge is 0.309 e. The minimum absolute atomic E-state index is 0.0552. The van der Waals surface area contributed by atoms with Crippen molar-refractivity contribution in [2.75, 3.05) is 11.1 Å². The van der Waals surface area contributed by atoms with Crippen LogP contribution >= 0.6 is 11.8 Å². The summed E-state index contributed by atoms with van der Waals surface area (Å²) in [7, 11) is 0. The summed E-state index contributed by atoms with van der Waals surface area (Å²) < 4.78 is 0. The van der Waals surface area contributed by atoms with Crippen LogP contribution in [-0.2, 0) is 11.2 Å². The van der Waals surface area contributed by atoms with E-state index in [-0.39, 0.29) is 22.5 Å². The average molecular weight is 329 g/mol. The van der Waals surface area contributed by atoms with Gasteiger partial charge >= 0.3 is 0 Å². The third-order valence-electron chi connectivity index (χ3n) is 3.74. The molecule has 0 bridgehead atoms. The molecule has 118 valence electrons. The molecule has 3 rings (SSSR count). The maximum atomic E-state index is 12.6. The lowest BCUT2D eigenvalue weighted by Gasteiger charge is -2.24. The number of aromatic nitrogens is 1. The summed E-state index contributed by atoms with van der Waals surface area (Å²) in [5, 5.41) is 13.3. The Balaban J connectivity index is 1.80. The molecule has 1 aliphatic rings. The van der Waals surface area contributed by atoms with Gasteiger partial charge in [-0.3, -0.25) is 14.9 Å². The number of benzene rings is 1. The van der Waals surface area contributed by atoms with E-state index in [2.05, 4.69) is 10.3 Å². The molecule has 0 saturated heterocycles. The van der Waals surface area contributed by atoms with Crippen molar-refractivity contribution in [3.63, 3.8) is 0 Å². The molecule has 0 aliphatic carbocycles. The highest BCUT2D eigenvalue weighted by atomic mass is 32.2. The molecule has 1 atom stereocenters. The maximum Gasteiger partial charge on any atom is 0.290 e. The molecule has 23 heavy (non-hydrogen) atoms. The fraction of sp³-hybridized carbons (Fsp3) is 0.250. The normalized spacial score (nSPS) is 16.5. The predicted molar refractivity (Wildman–Crippen MR) is 89.6 cm³/mol. The lowest BCUT2D eigenvalue weighted by Crippen LogP contribution is -2.23. The Morgan fingerprint density at radius 1 is 1.35 bits per heavy atom. The van der Waals surface area contributed by atoms with Gasteiger partial charge in [-0.05, 0) is 36.3 Å². The first kappa shape index (κ1) is 15.5. The monoisotopic (exact) mass is 329 g/mol. The number of rotatable bonds is 3. The Morgan fingerprint density at radius 3 is 2.87 bits per heavy atom. The van der Waals surface area contributed by atoms with Crippen LogP contribution in [0.25, 0.3) is 0 Å². The summed E-state index contributed by atoms with van der Waals surface area (Å²) in [5.41, 5.74) is 2.45. The number of hydrogen-bond acceptors (Lipinski definition) is 5. The van der Waals surface area contributed by atoms with E-state index in [1.807, 2.05) is 24.3 Å². The van der Waals surface area contributed by atoms with Gasteiger partial charge in [-0.25, -0.2) is 4.98 Å². The number of nitrogens with one attached hydrogen (secondary N) is 1. The van der Waals surface area contributed by atoms with Crippen LogP contribution in [0, 0.1) is 17.0 Å². The van der Waals surface area contributed by atoms with Crippen LogP contribution in [0.4, 0.5) is 11.5 Å². The van der Waals surface area contributed by atoms with Crippen molar-refractivity contribution in [2.24, 2.45) is 0 Å². The number of fused-ring (bicyclic) bond motifs is 1. The molecule has 0 radical (unpaired) electrons. The van der Waals surface area contributed by atoms with Gasteiger partial charge < -0.3 is 5.32 Å². The zero-order chi connectivity index (χ0) is 16.4. The molecule has 2 aromatic rings. The van der Waals surface area contributed by atoms with Gasteiger partial charge in [0, 0.05) is 6.07 Å². The van der Waals surface area contributed by atoms with Crippen LogP contribution in [-0.4, -0.2) is 21.6 Å². The van der Waals surface area contributed by atoms with E-state index in [1.165, 1.54) is 17.7 Å². The first-order chi connectivity index (χ1) is 11.1. The molecule has 1 N–H and O–H groups in total. The Bertz CT molecular complexity index is 779. The van der Waals surface area contributed by atoms with Crippen molar-refractivity contribution >= 4 is 29.2 Å². The van der Waals surface area contributed by atoms with Crippen molar-refractivity contribution in [3.05, 3.63) is 63.3 Å². The smallest absolute Gasteiger partial charge is 0.290 e. The lowest BCUT2D eigenvalue weighted by atomic mass is 10.0. The van der Waals surface area contributed by atoms with E-state index in [4.69, 9.17) is 0 Å². The molecule has 1 aromatic carbocycles. The second kappa shape index (κ2) is 6.37. The zero-order valence-electron chi connectivity index (χ0n) is 12.5. The number of nitrogens with zero attached hydrogens (tertiary/aromatic N) is 2. The Morgan fingerprint density at radius 2 is 2.13 bits per heavy atom. The Hall–Kier alpha value is -2.41. The quantitative estimate of drug-likeness (QED) is 0.690. The third-order valence-corrected chi connectivity index (χ3v) is 4.98. The highest BCUT2D eigenvalue weighted by Crippen LogP contribution is 2.37. The molecular formula is C16H15N3O3S. The zero-order valence-corrected chi connectivity index (χ0v) is 13.3. The number of anilines is 1. The molecule has 7 heteroatoms. The van der Waals surface area contributed by atoms with Crippen LogP contribution in [0.15, 0.2) is 36.4 Å². The number of carbonyl (C=O) groups is 1. The molecule has 0 unspecified atom stereocenters. The summed E-state index contributed by atoms with van der Waals surface area (Å²) >= 11 is 1.60. The number of carbonyl (C=O) groups excluding carboxylic acids is 1. The highest BCUT2D eigenvalue weighted by Gasteiger charge is 2.27. The predicted octanol–water partition coefficient (Wildman–Crippen LogP) is 3.27. The highest BCUT2D eigenvalue weighted by molar-refractivity contribution is 8.00.